The zero-order valence-electron chi connectivity index (χ0n) is 19.7. The maximum absolute atomic E-state index is 10.1. The van der Waals surface area contributed by atoms with Crippen molar-refractivity contribution >= 4 is 34.3 Å². The summed E-state index contributed by atoms with van der Waals surface area (Å²) in [5, 5.41) is 21.2. The lowest BCUT2D eigenvalue weighted by Gasteiger charge is -2.20. The van der Waals surface area contributed by atoms with Gasteiger partial charge in [-0.05, 0) is 59.7 Å². The molecule has 2 atom stereocenters. The summed E-state index contributed by atoms with van der Waals surface area (Å²) in [6.45, 7) is 4.48. The van der Waals surface area contributed by atoms with Crippen LogP contribution in [0.1, 0.15) is 57.6 Å². The number of rotatable bonds is 9. The third kappa shape index (κ3) is 4.79. The minimum absolute atomic E-state index is 0.113. The molecule has 1 aliphatic rings. The Labute approximate surface area is 204 Å². The molecule has 0 saturated heterocycles. The summed E-state index contributed by atoms with van der Waals surface area (Å²) in [7, 11) is 0. The molecule has 5 rings (SSSR count). The lowest BCUT2D eigenvalue weighted by atomic mass is 10.1. The summed E-state index contributed by atoms with van der Waals surface area (Å²) in [6.07, 6.45) is 6.99. The maximum atomic E-state index is 10.1. The van der Waals surface area contributed by atoms with Gasteiger partial charge in [0.25, 0.3) is 0 Å². The van der Waals surface area contributed by atoms with Crippen LogP contribution in [0.2, 0.25) is 0 Å². The van der Waals surface area contributed by atoms with Gasteiger partial charge in [0.05, 0.1) is 18.5 Å². The molecule has 34 heavy (non-hydrogen) atoms. The first-order chi connectivity index (χ1) is 16.6. The number of aliphatic hydroxyl groups excluding tert-OH is 1. The second kappa shape index (κ2) is 10.1. The van der Waals surface area contributed by atoms with E-state index in [0.717, 1.165) is 30.4 Å². The van der Waals surface area contributed by atoms with Gasteiger partial charge in [-0.25, -0.2) is 4.98 Å². The second-order valence-corrected chi connectivity index (χ2v) is 9.90. The number of anilines is 2. The van der Waals surface area contributed by atoms with Crippen molar-refractivity contribution in [1.82, 2.24) is 19.5 Å². The highest BCUT2D eigenvalue weighted by atomic mass is 32.1. The minimum atomic E-state index is -0.498. The summed E-state index contributed by atoms with van der Waals surface area (Å²) < 4.78 is 2.21. The molecule has 0 radical (unpaired) electrons. The SMILES string of the molecule is CCC(Nc1nc(NCc2ccc(-c3ccsc3)cc2)c2ncn(C3CCCC3)c2n1)[C@@H](C)O. The van der Waals surface area contributed by atoms with Crippen molar-refractivity contribution in [2.45, 2.75) is 70.7 Å². The number of nitrogens with zero attached hydrogens (tertiary/aromatic N) is 4. The topological polar surface area (TPSA) is 87.9 Å². The lowest BCUT2D eigenvalue weighted by molar-refractivity contribution is 0.169. The quantitative estimate of drug-likeness (QED) is 0.281. The first-order valence-corrected chi connectivity index (χ1v) is 13.1. The van der Waals surface area contributed by atoms with E-state index in [1.54, 1.807) is 18.3 Å². The number of hydrogen-bond donors (Lipinski definition) is 3. The molecule has 0 bridgehead atoms. The molecule has 8 heteroatoms. The molecule has 0 amide bonds. The molecule has 3 N–H and O–H groups in total. The van der Waals surface area contributed by atoms with Crippen LogP contribution in [0.5, 0.6) is 0 Å². The van der Waals surface area contributed by atoms with Gasteiger partial charge in [0.2, 0.25) is 5.95 Å². The van der Waals surface area contributed by atoms with Gasteiger partial charge >= 0.3 is 0 Å². The van der Waals surface area contributed by atoms with E-state index < -0.39 is 6.10 Å². The second-order valence-electron chi connectivity index (χ2n) is 9.12. The third-order valence-corrected chi connectivity index (χ3v) is 7.43. The Morgan fingerprint density at radius 1 is 1.12 bits per heavy atom. The van der Waals surface area contributed by atoms with Crippen LogP contribution in [-0.4, -0.2) is 36.8 Å². The van der Waals surface area contributed by atoms with Gasteiger partial charge in [0, 0.05) is 12.6 Å². The van der Waals surface area contributed by atoms with Crippen LogP contribution in [0.4, 0.5) is 11.8 Å². The van der Waals surface area contributed by atoms with Crippen LogP contribution >= 0.6 is 11.3 Å². The average molecular weight is 477 g/mol. The van der Waals surface area contributed by atoms with Gasteiger partial charge in [-0.2, -0.15) is 21.3 Å². The van der Waals surface area contributed by atoms with E-state index in [2.05, 4.69) is 56.3 Å². The van der Waals surface area contributed by atoms with Crippen LogP contribution < -0.4 is 10.6 Å². The maximum Gasteiger partial charge on any atom is 0.227 e. The number of aromatic nitrogens is 4. The third-order valence-electron chi connectivity index (χ3n) is 6.74. The summed E-state index contributed by atoms with van der Waals surface area (Å²) >= 11 is 1.71. The van der Waals surface area contributed by atoms with E-state index in [9.17, 15) is 5.11 Å². The molecule has 0 spiro atoms. The standard InChI is InChI=1S/C26H32N6OS/c1-3-22(17(2)33)29-26-30-24(23-25(31-26)32(16-28-23)21-6-4-5-7-21)27-14-18-8-10-19(11-9-18)20-12-13-34-15-20/h8-13,15-17,21-22,33H,3-7,14H2,1-2H3,(H2,27,29,30,31)/t17-,22?/m1/s1. The summed E-state index contributed by atoms with van der Waals surface area (Å²) in [6, 6.07) is 11.1. The molecule has 178 valence electrons. The molecule has 7 nitrogen and oxygen atoms in total. The fourth-order valence-electron chi connectivity index (χ4n) is 4.71. The van der Waals surface area contributed by atoms with Crippen molar-refractivity contribution in [1.29, 1.82) is 0 Å². The van der Waals surface area contributed by atoms with E-state index in [4.69, 9.17) is 15.0 Å². The zero-order valence-corrected chi connectivity index (χ0v) is 20.6. The van der Waals surface area contributed by atoms with E-state index in [0.29, 0.717) is 24.4 Å². The number of fused-ring (bicyclic) bond motifs is 1. The van der Waals surface area contributed by atoms with Crippen molar-refractivity contribution in [3.05, 3.63) is 53.0 Å². The highest BCUT2D eigenvalue weighted by Gasteiger charge is 2.23. The van der Waals surface area contributed by atoms with Crippen LogP contribution in [0.25, 0.3) is 22.3 Å². The Morgan fingerprint density at radius 2 is 1.91 bits per heavy atom. The molecule has 3 heterocycles. The number of imidazole rings is 1. The number of aliphatic hydroxyl groups is 1. The fraction of sp³-hybridized carbons (Fsp3) is 0.423. The molecule has 0 aliphatic heterocycles. The molecule has 1 aromatic carbocycles. The molecular formula is C26H32N6OS. The highest BCUT2D eigenvalue weighted by Crippen LogP contribution is 2.33. The summed E-state index contributed by atoms with van der Waals surface area (Å²) in [5.41, 5.74) is 5.28. The van der Waals surface area contributed by atoms with E-state index in [-0.39, 0.29) is 6.04 Å². The van der Waals surface area contributed by atoms with Crippen molar-refractivity contribution < 1.29 is 5.11 Å². The predicted octanol–water partition coefficient (Wildman–Crippen LogP) is 5.85. The van der Waals surface area contributed by atoms with Crippen molar-refractivity contribution in [2.24, 2.45) is 0 Å². The van der Waals surface area contributed by atoms with E-state index in [1.807, 2.05) is 13.3 Å². The minimum Gasteiger partial charge on any atom is -0.391 e. The van der Waals surface area contributed by atoms with Crippen molar-refractivity contribution in [3.63, 3.8) is 0 Å². The van der Waals surface area contributed by atoms with Gasteiger partial charge < -0.3 is 20.3 Å². The van der Waals surface area contributed by atoms with Gasteiger partial charge in [0.1, 0.15) is 0 Å². The molecule has 1 aliphatic carbocycles. The highest BCUT2D eigenvalue weighted by molar-refractivity contribution is 7.08. The number of thiophene rings is 1. The predicted molar refractivity (Wildman–Crippen MR) is 139 cm³/mol. The zero-order chi connectivity index (χ0) is 23.5. The first kappa shape index (κ1) is 22.8. The van der Waals surface area contributed by atoms with Gasteiger partial charge in [-0.1, -0.05) is 44.0 Å². The Kier molecular flexibility index (Phi) is 6.78. The molecule has 3 aromatic heterocycles. The number of nitrogens with one attached hydrogen (secondary N) is 2. The Hall–Kier alpha value is -2.97. The molecule has 1 fully saturated rings. The van der Waals surface area contributed by atoms with E-state index in [1.165, 1.54) is 29.5 Å². The fourth-order valence-corrected chi connectivity index (χ4v) is 5.38. The van der Waals surface area contributed by atoms with Crippen LogP contribution in [0.3, 0.4) is 0 Å². The largest absolute Gasteiger partial charge is 0.391 e. The molecule has 1 unspecified atom stereocenters. The van der Waals surface area contributed by atoms with Crippen LogP contribution in [-0.2, 0) is 6.54 Å². The summed E-state index contributed by atoms with van der Waals surface area (Å²) in [4.78, 5) is 14.3. The number of benzene rings is 1. The van der Waals surface area contributed by atoms with Gasteiger partial charge in [-0.15, -0.1) is 0 Å². The summed E-state index contributed by atoms with van der Waals surface area (Å²) in [5.74, 6) is 1.24. The lowest BCUT2D eigenvalue weighted by Crippen LogP contribution is -2.31. The van der Waals surface area contributed by atoms with Crippen molar-refractivity contribution in [3.8, 4) is 11.1 Å². The Balaban J connectivity index is 1.42. The van der Waals surface area contributed by atoms with Gasteiger partial charge in [-0.3, -0.25) is 0 Å². The smallest absolute Gasteiger partial charge is 0.227 e. The Morgan fingerprint density at radius 3 is 2.59 bits per heavy atom. The molecule has 4 aromatic rings. The van der Waals surface area contributed by atoms with Crippen molar-refractivity contribution in [2.75, 3.05) is 10.6 Å². The molecular weight excluding hydrogens is 444 g/mol. The van der Waals surface area contributed by atoms with Crippen LogP contribution in [0, 0.1) is 0 Å². The normalized spacial score (nSPS) is 16.1. The monoisotopic (exact) mass is 476 g/mol. The first-order valence-electron chi connectivity index (χ1n) is 12.2. The van der Waals surface area contributed by atoms with Crippen LogP contribution in [0.15, 0.2) is 47.4 Å². The average Bonchev–Trinajstić information content (AvgIpc) is 3.62. The molecule has 1 saturated carbocycles. The number of hydrogen-bond acceptors (Lipinski definition) is 7. The van der Waals surface area contributed by atoms with E-state index >= 15 is 0 Å². The Bertz CT molecular complexity index is 1210. The van der Waals surface area contributed by atoms with Gasteiger partial charge in [0.15, 0.2) is 17.0 Å².